The Balaban J connectivity index is 1.54. The summed E-state index contributed by atoms with van der Waals surface area (Å²) in [5.74, 6) is 0. The van der Waals surface area contributed by atoms with E-state index in [0.717, 1.165) is 47.2 Å². The molecule has 1 N–H and O–H groups in total. The highest BCUT2D eigenvalue weighted by molar-refractivity contribution is 5.96. The number of nitrogens with zero attached hydrogens (tertiary/aromatic N) is 5. The zero-order valence-electron chi connectivity index (χ0n) is 17.4. The molecule has 7 heteroatoms. The molecule has 0 fully saturated rings. The maximum absolute atomic E-state index is 12.2. The van der Waals surface area contributed by atoms with Crippen LogP contribution >= 0.6 is 0 Å². The standard InChI is InChI=1S/C23H24N6O/c1-27(2)23(30)29-14-19(11-26-29)21-12-25-22-20(21)9-17(10-24-22)16-5-4-15-6-7-28(3)13-18(15)8-16/h4-5,8-12,14H,6-7,13H2,1-3H3,(H,24,25). The van der Waals surface area contributed by atoms with E-state index in [1.807, 2.05) is 12.4 Å². The Hall–Kier alpha value is -3.45. The first-order valence-corrected chi connectivity index (χ1v) is 10.0. The van der Waals surface area contributed by atoms with Crippen LogP contribution in [0.25, 0.3) is 33.3 Å². The summed E-state index contributed by atoms with van der Waals surface area (Å²) in [6, 6.07) is 8.70. The molecular formula is C23H24N6O. The van der Waals surface area contributed by atoms with Gasteiger partial charge in [-0.1, -0.05) is 12.1 Å². The van der Waals surface area contributed by atoms with E-state index in [1.54, 1.807) is 26.5 Å². The Labute approximate surface area is 174 Å². The van der Waals surface area contributed by atoms with Crippen molar-refractivity contribution in [2.75, 3.05) is 27.7 Å². The van der Waals surface area contributed by atoms with Gasteiger partial charge in [0.05, 0.1) is 6.20 Å². The highest BCUT2D eigenvalue weighted by Crippen LogP contribution is 2.32. The van der Waals surface area contributed by atoms with Crippen LogP contribution in [-0.2, 0) is 13.0 Å². The third kappa shape index (κ3) is 3.17. The molecule has 1 aliphatic heterocycles. The van der Waals surface area contributed by atoms with Gasteiger partial charge < -0.3 is 14.8 Å². The first-order chi connectivity index (χ1) is 14.5. The molecule has 1 aliphatic rings. The number of pyridine rings is 1. The monoisotopic (exact) mass is 400 g/mol. The summed E-state index contributed by atoms with van der Waals surface area (Å²) in [6.07, 6.45) is 8.40. The maximum atomic E-state index is 12.2. The van der Waals surface area contributed by atoms with Gasteiger partial charge in [-0.3, -0.25) is 0 Å². The van der Waals surface area contributed by atoms with Gasteiger partial charge in [0.2, 0.25) is 0 Å². The van der Waals surface area contributed by atoms with Crippen molar-refractivity contribution in [3.63, 3.8) is 0 Å². The SMILES string of the molecule is CN1CCc2ccc(-c3cnc4[nH]cc(-c5cnn(C(=O)N(C)C)c5)c4c3)cc2C1. The molecule has 0 atom stereocenters. The van der Waals surface area contributed by atoms with Crippen LogP contribution in [0.5, 0.6) is 0 Å². The minimum atomic E-state index is -0.182. The van der Waals surface area contributed by atoms with Gasteiger partial charge in [-0.15, -0.1) is 0 Å². The van der Waals surface area contributed by atoms with Crippen molar-refractivity contribution in [1.82, 2.24) is 29.5 Å². The number of benzene rings is 1. The summed E-state index contributed by atoms with van der Waals surface area (Å²) >= 11 is 0. The number of carbonyl (C=O) groups excluding carboxylic acids is 1. The van der Waals surface area contributed by atoms with Crippen LogP contribution in [0.3, 0.4) is 0 Å². The molecule has 4 aromatic rings. The van der Waals surface area contributed by atoms with Crippen LogP contribution in [-0.4, -0.2) is 63.3 Å². The van der Waals surface area contributed by atoms with E-state index < -0.39 is 0 Å². The lowest BCUT2D eigenvalue weighted by Gasteiger charge is -2.25. The summed E-state index contributed by atoms with van der Waals surface area (Å²) in [7, 11) is 5.58. The molecule has 0 unspecified atom stereocenters. The number of hydrogen-bond donors (Lipinski definition) is 1. The molecule has 1 amide bonds. The van der Waals surface area contributed by atoms with Gasteiger partial charge in [0.15, 0.2) is 0 Å². The smallest absolute Gasteiger partial charge is 0.344 e. The Morgan fingerprint density at radius 2 is 1.97 bits per heavy atom. The van der Waals surface area contributed by atoms with Crippen LogP contribution < -0.4 is 0 Å². The lowest BCUT2D eigenvalue weighted by atomic mass is 9.95. The lowest BCUT2D eigenvalue weighted by Crippen LogP contribution is -2.27. The predicted octanol–water partition coefficient (Wildman–Crippen LogP) is 3.61. The quantitative estimate of drug-likeness (QED) is 0.558. The maximum Gasteiger partial charge on any atom is 0.344 e. The number of H-pyrrole nitrogens is 1. The molecule has 0 saturated heterocycles. The van der Waals surface area contributed by atoms with Gasteiger partial charge in [0.1, 0.15) is 5.65 Å². The third-order valence-corrected chi connectivity index (χ3v) is 5.75. The van der Waals surface area contributed by atoms with E-state index in [9.17, 15) is 4.79 Å². The molecule has 152 valence electrons. The topological polar surface area (TPSA) is 70.0 Å². The van der Waals surface area contributed by atoms with Crippen LogP contribution in [0.1, 0.15) is 11.1 Å². The Bertz CT molecular complexity index is 1250. The normalized spacial score (nSPS) is 14.1. The molecule has 0 spiro atoms. The fourth-order valence-corrected chi connectivity index (χ4v) is 4.05. The minimum Gasteiger partial charge on any atom is -0.346 e. The van der Waals surface area contributed by atoms with Crippen LogP contribution in [0.4, 0.5) is 4.79 Å². The second-order valence-electron chi connectivity index (χ2n) is 8.14. The molecule has 3 aromatic heterocycles. The molecule has 5 rings (SSSR count). The van der Waals surface area contributed by atoms with Crippen molar-refractivity contribution < 1.29 is 4.79 Å². The Morgan fingerprint density at radius 1 is 1.10 bits per heavy atom. The molecule has 0 bridgehead atoms. The number of fused-ring (bicyclic) bond motifs is 2. The fourth-order valence-electron chi connectivity index (χ4n) is 4.05. The molecule has 0 saturated carbocycles. The number of hydrogen-bond acceptors (Lipinski definition) is 4. The van der Waals surface area contributed by atoms with Crippen molar-refractivity contribution in [2.24, 2.45) is 0 Å². The van der Waals surface area contributed by atoms with Crippen LogP contribution in [0.2, 0.25) is 0 Å². The predicted molar refractivity (Wildman–Crippen MR) is 117 cm³/mol. The average Bonchev–Trinajstić information content (AvgIpc) is 3.39. The fraction of sp³-hybridized carbons (Fsp3) is 0.261. The summed E-state index contributed by atoms with van der Waals surface area (Å²) in [4.78, 5) is 23.9. The van der Waals surface area contributed by atoms with E-state index in [2.05, 4.69) is 51.3 Å². The number of carbonyl (C=O) groups is 1. The van der Waals surface area contributed by atoms with E-state index in [1.165, 1.54) is 26.3 Å². The molecule has 0 aliphatic carbocycles. The number of aromatic amines is 1. The first-order valence-electron chi connectivity index (χ1n) is 10.0. The van der Waals surface area contributed by atoms with Crippen LogP contribution in [0.15, 0.2) is 49.1 Å². The summed E-state index contributed by atoms with van der Waals surface area (Å²) in [5, 5.41) is 5.24. The minimum absolute atomic E-state index is 0.182. The molecule has 4 heterocycles. The summed E-state index contributed by atoms with van der Waals surface area (Å²) in [5.41, 5.74) is 7.75. The zero-order valence-corrected chi connectivity index (χ0v) is 17.4. The van der Waals surface area contributed by atoms with Gasteiger partial charge in [-0.2, -0.15) is 9.78 Å². The van der Waals surface area contributed by atoms with Gasteiger partial charge in [0.25, 0.3) is 0 Å². The first kappa shape index (κ1) is 18.6. The van der Waals surface area contributed by atoms with Gasteiger partial charge in [0, 0.05) is 67.9 Å². The van der Waals surface area contributed by atoms with Crippen molar-refractivity contribution in [2.45, 2.75) is 13.0 Å². The molecular weight excluding hydrogens is 376 g/mol. The van der Waals surface area contributed by atoms with Crippen LogP contribution in [0, 0.1) is 0 Å². The molecule has 30 heavy (non-hydrogen) atoms. The molecule has 7 nitrogen and oxygen atoms in total. The Morgan fingerprint density at radius 3 is 2.80 bits per heavy atom. The highest BCUT2D eigenvalue weighted by Gasteiger charge is 2.16. The Kier molecular flexibility index (Phi) is 4.40. The van der Waals surface area contributed by atoms with Crippen molar-refractivity contribution in [3.05, 3.63) is 60.2 Å². The van der Waals surface area contributed by atoms with Crippen molar-refractivity contribution >= 4 is 17.1 Å². The summed E-state index contributed by atoms with van der Waals surface area (Å²) in [6.45, 7) is 2.09. The van der Waals surface area contributed by atoms with E-state index in [0.29, 0.717) is 0 Å². The number of aromatic nitrogens is 4. The molecule has 0 radical (unpaired) electrons. The van der Waals surface area contributed by atoms with Crippen molar-refractivity contribution in [1.29, 1.82) is 0 Å². The van der Waals surface area contributed by atoms with E-state index >= 15 is 0 Å². The molecule has 1 aromatic carbocycles. The summed E-state index contributed by atoms with van der Waals surface area (Å²) < 4.78 is 1.35. The number of nitrogens with one attached hydrogen (secondary N) is 1. The van der Waals surface area contributed by atoms with Gasteiger partial charge in [-0.05, 0) is 42.3 Å². The zero-order chi connectivity index (χ0) is 20.8. The van der Waals surface area contributed by atoms with Gasteiger partial charge >= 0.3 is 6.03 Å². The van der Waals surface area contributed by atoms with Gasteiger partial charge in [-0.25, -0.2) is 9.78 Å². The second-order valence-corrected chi connectivity index (χ2v) is 8.14. The third-order valence-electron chi connectivity index (χ3n) is 5.75. The average molecular weight is 400 g/mol. The van der Waals surface area contributed by atoms with E-state index in [4.69, 9.17) is 0 Å². The highest BCUT2D eigenvalue weighted by atomic mass is 16.2. The largest absolute Gasteiger partial charge is 0.346 e. The van der Waals surface area contributed by atoms with Crippen molar-refractivity contribution in [3.8, 4) is 22.3 Å². The number of likely N-dealkylation sites (N-methyl/N-ethyl adjacent to an activating group) is 1. The lowest BCUT2D eigenvalue weighted by molar-refractivity contribution is 0.216. The number of rotatable bonds is 2. The second kappa shape index (κ2) is 7.11. The number of amides is 1. The van der Waals surface area contributed by atoms with E-state index in [-0.39, 0.29) is 6.03 Å².